The predicted molar refractivity (Wildman–Crippen MR) is 84.2 cm³/mol. The Balaban J connectivity index is 2.05. The van der Waals surface area contributed by atoms with Crippen molar-refractivity contribution in [2.75, 3.05) is 0 Å². The molecule has 1 atom stereocenters. The molecule has 0 radical (unpaired) electrons. The predicted octanol–water partition coefficient (Wildman–Crippen LogP) is 4.12. The Morgan fingerprint density at radius 3 is 2.75 bits per heavy atom. The van der Waals surface area contributed by atoms with Crippen molar-refractivity contribution in [3.8, 4) is 0 Å². The van der Waals surface area contributed by atoms with Crippen molar-refractivity contribution in [3.63, 3.8) is 0 Å². The van der Waals surface area contributed by atoms with E-state index in [9.17, 15) is 5.11 Å². The van der Waals surface area contributed by atoms with Gasteiger partial charge in [0.2, 0.25) is 0 Å². The maximum atomic E-state index is 9.98. The van der Waals surface area contributed by atoms with E-state index in [-0.39, 0.29) is 11.5 Å². The van der Waals surface area contributed by atoms with Gasteiger partial charge in [-0.05, 0) is 18.1 Å². The Hall–Kier alpha value is -1.13. The molecule has 2 aromatic heterocycles. The molecule has 2 heterocycles. The Kier molecular flexibility index (Phi) is 4.66. The van der Waals surface area contributed by atoms with Crippen molar-refractivity contribution < 1.29 is 5.11 Å². The molecule has 0 spiro atoms. The van der Waals surface area contributed by atoms with Crippen LogP contribution in [0.25, 0.3) is 0 Å². The van der Waals surface area contributed by atoms with Crippen LogP contribution >= 0.6 is 11.3 Å². The zero-order chi connectivity index (χ0) is 14.8. The van der Waals surface area contributed by atoms with E-state index in [1.807, 2.05) is 18.5 Å². The molecule has 0 bridgehead atoms. The van der Waals surface area contributed by atoms with Gasteiger partial charge < -0.3 is 9.67 Å². The summed E-state index contributed by atoms with van der Waals surface area (Å²) in [4.78, 5) is 4.70. The summed E-state index contributed by atoms with van der Waals surface area (Å²) >= 11 is 1.70. The maximum Gasteiger partial charge on any atom is 0.113 e. The first-order valence-electron chi connectivity index (χ1n) is 7.18. The van der Waals surface area contributed by atoms with Gasteiger partial charge >= 0.3 is 0 Å². The molecular weight excluding hydrogens is 268 g/mol. The van der Waals surface area contributed by atoms with Crippen molar-refractivity contribution in [1.29, 1.82) is 0 Å². The smallest absolute Gasteiger partial charge is 0.113 e. The third-order valence-electron chi connectivity index (χ3n) is 3.36. The molecule has 3 nitrogen and oxygen atoms in total. The molecule has 0 amide bonds. The molecular formula is C16H24N2OS. The number of hydrogen-bond acceptors (Lipinski definition) is 3. The molecule has 0 aliphatic rings. The van der Waals surface area contributed by atoms with E-state index in [4.69, 9.17) is 4.98 Å². The summed E-state index contributed by atoms with van der Waals surface area (Å²) < 4.78 is 2.10. The first-order valence-corrected chi connectivity index (χ1v) is 8.06. The number of aliphatic hydroxyl groups excluding tert-OH is 1. The standard InChI is InChI=1S/C16H24N2OS/c1-5-6-13(19)12-7-8-18(9-12)10-15-17-14(11-20-15)16(2,3)4/h7-9,11,13,19H,5-6,10H2,1-4H3. The second-order valence-corrected chi connectivity index (χ2v) is 7.24. The van der Waals surface area contributed by atoms with Crippen LogP contribution in [0.15, 0.2) is 23.8 Å². The van der Waals surface area contributed by atoms with Crippen LogP contribution in [0.4, 0.5) is 0 Å². The van der Waals surface area contributed by atoms with E-state index < -0.39 is 0 Å². The van der Waals surface area contributed by atoms with Gasteiger partial charge in [0.05, 0.1) is 18.3 Å². The van der Waals surface area contributed by atoms with Gasteiger partial charge in [0.15, 0.2) is 0 Å². The van der Waals surface area contributed by atoms with Crippen molar-refractivity contribution in [1.82, 2.24) is 9.55 Å². The highest BCUT2D eigenvalue weighted by atomic mass is 32.1. The fourth-order valence-electron chi connectivity index (χ4n) is 2.08. The number of nitrogens with zero attached hydrogens (tertiary/aromatic N) is 2. The molecule has 0 fully saturated rings. The lowest BCUT2D eigenvalue weighted by atomic mass is 9.93. The van der Waals surface area contributed by atoms with Gasteiger partial charge in [-0.25, -0.2) is 4.98 Å². The Morgan fingerprint density at radius 1 is 1.40 bits per heavy atom. The number of rotatable bonds is 5. The van der Waals surface area contributed by atoms with Crippen molar-refractivity contribution in [3.05, 3.63) is 40.1 Å². The highest BCUT2D eigenvalue weighted by molar-refractivity contribution is 7.09. The molecule has 0 aliphatic heterocycles. The second kappa shape index (κ2) is 6.10. The Bertz CT molecular complexity index is 551. The quantitative estimate of drug-likeness (QED) is 0.900. The molecule has 1 unspecified atom stereocenters. The van der Waals surface area contributed by atoms with Gasteiger partial charge in [-0.3, -0.25) is 0 Å². The number of thiazole rings is 1. The zero-order valence-corrected chi connectivity index (χ0v) is 13.6. The topological polar surface area (TPSA) is 38.0 Å². The molecule has 1 N–H and O–H groups in total. The third kappa shape index (κ3) is 3.70. The minimum Gasteiger partial charge on any atom is -0.388 e. The summed E-state index contributed by atoms with van der Waals surface area (Å²) in [5.74, 6) is 0. The van der Waals surface area contributed by atoms with Gasteiger partial charge in [0, 0.05) is 23.2 Å². The lowest BCUT2D eigenvalue weighted by Gasteiger charge is -2.14. The normalized spacial score (nSPS) is 13.7. The fraction of sp³-hybridized carbons (Fsp3) is 0.562. The number of aromatic nitrogens is 2. The van der Waals surface area contributed by atoms with Gasteiger partial charge in [-0.1, -0.05) is 34.1 Å². The molecule has 0 aliphatic carbocycles. The van der Waals surface area contributed by atoms with Crippen LogP contribution in [0.5, 0.6) is 0 Å². The van der Waals surface area contributed by atoms with E-state index in [0.717, 1.165) is 35.7 Å². The lowest BCUT2D eigenvalue weighted by Crippen LogP contribution is -2.11. The van der Waals surface area contributed by atoms with Crippen LogP contribution in [0.1, 0.15) is 62.9 Å². The van der Waals surface area contributed by atoms with Crippen LogP contribution < -0.4 is 0 Å². The lowest BCUT2D eigenvalue weighted by molar-refractivity contribution is 0.166. The van der Waals surface area contributed by atoms with Crippen molar-refractivity contribution in [2.24, 2.45) is 0 Å². The first kappa shape index (κ1) is 15.3. The summed E-state index contributed by atoms with van der Waals surface area (Å²) in [5, 5.41) is 13.2. The van der Waals surface area contributed by atoms with Crippen LogP contribution in [0.3, 0.4) is 0 Å². The van der Waals surface area contributed by atoms with Gasteiger partial charge in [0.25, 0.3) is 0 Å². The highest BCUT2D eigenvalue weighted by Gasteiger charge is 2.17. The molecule has 20 heavy (non-hydrogen) atoms. The zero-order valence-electron chi connectivity index (χ0n) is 12.8. The molecule has 2 rings (SSSR count). The Morgan fingerprint density at radius 2 is 2.15 bits per heavy atom. The highest BCUT2D eigenvalue weighted by Crippen LogP contribution is 2.25. The SMILES string of the molecule is CCCC(O)c1ccn(Cc2nc(C(C)(C)C)cs2)c1. The van der Waals surface area contributed by atoms with E-state index in [1.54, 1.807) is 11.3 Å². The summed E-state index contributed by atoms with van der Waals surface area (Å²) in [7, 11) is 0. The van der Waals surface area contributed by atoms with E-state index in [1.165, 1.54) is 0 Å². The summed E-state index contributed by atoms with van der Waals surface area (Å²) in [5.41, 5.74) is 2.25. The Labute approximate surface area is 125 Å². The number of hydrogen-bond donors (Lipinski definition) is 1. The molecule has 0 saturated carbocycles. The van der Waals surface area contributed by atoms with E-state index in [2.05, 4.69) is 37.6 Å². The second-order valence-electron chi connectivity index (χ2n) is 6.30. The van der Waals surface area contributed by atoms with Crippen LogP contribution in [0, 0.1) is 0 Å². The minimum atomic E-state index is -0.345. The van der Waals surface area contributed by atoms with E-state index >= 15 is 0 Å². The average Bonchev–Trinajstić information content (AvgIpc) is 2.98. The molecule has 110 valence electrons. The van der Waals surface area contributed by atoms with E-state index in [0.29, 0.717) is 0 Å². The van der Waals surface area contributed by atoms with Crippen LogP contribution in [-0.4, -0.2) is 14.7 Å². The summed E-state index contributed by atoms with van der Waals surface area (Å²) in [6.45, 7) is 9.41. The monoisotopic (exact) mass is 292 g/mol. The van der Waals surface area contributed by atoms with Gasteiger partial charge in [-0.15, -0.1) is 11.3 Å². The fourth-order valence-corrected chi connectivity index (χ4v) is 3.11. The summed E-state index contributed by atoms with van der Waals surface area (Å²) in [6, 6.07) is 2.00. The molecule has 2 aromatic rings. The van der Waals surface area contributed by atoms with Crippen molar-refractivity contribution in [2.45, 2.75) is 58.6 Å². The van der Waals surface area contributed by atoms with Crippen molar-refractivity contribution >= 4 is 11.3 Å². The van der Waals surface area contributed by atoms with Crippen LogP contribution in [-0.2, 0) is 12.0 Å². The largest absolute Gasteiger partial charge is 0.388 e. The van der Waals surface area contributed by atoms with Crippen LogP contribution in [0.2, 0.25) is 0 Å². The van der Waals surface area contributed by atoms with Gasteiger partial charge in [-0.2, -0.15) is 0 Å². The third-order valence-corrected chi connectivity index (χ3v) is 4.19. The molecule has 0 aromatic carbocycles. The molecule has 4 heteroatoms. The molecule has 0 saturated heterocycles. The van der Waals surface area contributed by atoms with Gasteiger partial charge in [0.1, 0.15) is 5.01 Å². The maximum absolute atomic E-state index is 9.98. The average molecular weight is 292 g/mol. The minimum absolute atomic E-state index is 0.105. The first-order chi connectivity index (χ1) is 9.40. The number of aliphatic hydroxyl groups is 1. The summed E-state index contributed by atoms with van der Waals surface area (Å²) in [6.07, 6.45) is 5.51.